The summed E-state index contributed by atoms with van der Waals surface area (Å²) < 4.78 is 32.2. The number of hydrogen-bond donors (Lipinski definition) is 0. The monoisotopic (exact) mass is 208 g/mol. The lowest BCUT2D eigenvalue weighted by atomic mass is 9.88. The van der Waals surface area contributed by atoms with Crippen LogP contribution in [0, 0.1) is 5.41 Å². The van der Waals surface area contributed by atoms with Crippen LogP contribution in [0.1, 0.15) is 54.4 Å². The van der Waals surface area contributed by atoms with E-state index in [0.29, 0.717) is 12.8 Å². The summed E-state index contributed by atoms with van der Waals surface area (Å²) in [5.74, 6) is 0. The molecule has 0 aliphatic heterocycles. The summed E-state index contributed by atoms with van der Waals surface area (Å²) >= 11 is 0. The zero-order valence-corrected chi connectivity index (χ0v) is 10.1. The van der Waals surface area contributed by atoms with Gasteiger partial charge in [0.2, 0.25) is 0 Å². The van der Waals surface area contributed by atoms with Crippen LogP contribution in [-0.2, 0) is 4.74 Å². The SMILES string of the molecule is CCC(C)(C)OC(F)(F)C(C)(C)CC. The molecule has 0 bridgehead atoms. The summed E-state index contributed by atoms with van der Waals surface area (Å²) in [6, 6.07) is 0. The van der Waals surface area contributed by atoms with E-state index in [1.807, 2.05) is 6.92 Å². The van der Waals surface area contributed by atoms with E-state index < -0.39 is 17.1 Å². The standard InChI is InChI=1S/C11H22F2O/c1-7-9(3,4)11(12,13)14-10(5,6)8-2/h7-8H2,1-6H3. The number of ether oxygens (including phenoxy) is 1. The van der Waals surface area contributed by atoms with Crippen molar-refractivity contribution < 1.29 is 13.5 Å². The lowest BCUT2D eigenvalue weighted by molar-refractivity contribution is -0.339. The molecule has 0 radical (unpaired) electrons. The van der Waals surface area contributed by atoms with Gasteiger partial charge in [0.05, 0.1) is 11.0 Å². The Morgan fingerprint density at radius 2 is 1.36 bits per heavy atom. The number of halogens is 2. The molecular weight excluding hydrogens is 186 g/mol. The molecular formula is C11H22F2O. The molecule has 0 atom stereocenters. The van der Waals surface area contributed by atoms with E-state index in [-0.39, 0.29) is 0 Å². The van der Waals surface area contributed by atoms with E-state index in [1.54, 1.807) is 20.8 Å². The average molecular weight is 208 g/mol. The van der Waals surface area contributed by atoms with Gasteiger partial charge >= 0.3 is 6.11 Å². The van der Waals surface area contributed by atoms with Gasteiger partial charge in [0, 0.05) is 0 Å². The highest BCUT2D eigenvalue weighted by molar-refractivity contribution is 4.80. The van der Waals surface area contributed by atoms with Gasteiger partial charge in [-0.05, 0) is 26.7 Å². The Hall–Kier alpha value is -0.180. The third kappa shape index (κ3) is 3.19. The molecule has 0 aliphatic carbocycles. The van der Waals surface area contributed by atoms with Crippen LogP contribution in [0.5, 0.6) is 0 Å². The second-order valence-electron chi connectivity index (χ2n) is 4.97. The molecule has 1 nitrogen and oxygen atoms in total. The van der Waals surface area contributed by atoms with Gasteiger partial charge in [-0.1, -0.05) is 27.7 Å². The minimum atomic E-state index is -3.07. The Bertz CT molecular complexity index is 186. The fourth-order valence-corrected chi connectivity index (χ4v) is 0.763. The molecule has 3 heteroatoms. The lowest BCUT2D eigenvalue weighted by Crippen LogP contribution is -2.44. The van der Waals surface area contributed by atoms with Crippen molar-refractivity contribution in [1.29, 1.82) is 0 Å². The predicted molar refractivity (Wildman–Crippen MR) is 54.5 cm³/mol. The molecule has 0 aromatic rings. The van der Waals surface area contributed by atoms with E-state index in [1.165, 1.54) is 13.8 Å². The highest BCUT2D eigenvalue weighted by Gasteiger charge is 2.49. The van der Waals surface area contributed by atoms with E-state index in [9.17, 15) is 8.78 Å². The third-order valence-electron chi connectivity index (χ3n) is 2.93. The molecule has 14 heavy (non-hydrogen) atoms. The summed E-state index contributed by atoms with van der Waals surface area (Å²) in [4.78, 5) is 0. The van der Waals surface area contributed by atoms with Crippen LogP contribution in [0.25, 0.3) is 0 Å². The van der Waals surface area contributed by atoms with Crippen LogP contribution < -0.4 is 0 Å². The predicted octanol–water partition coefficient (Wildman–Crippen LogP) is 4.22. The van der Waals surface area contributed by atoms with Gasteiger partial charge < -0.3 is 4.74 Å². The molecule has 0 fully saturated rings. The number of alkyl halides is 2. The quantitative estimate of drug-likeness (QED) is 0.657. The Morgan fingerprint density at radius 3 is 1.64 bits per heavy atom. The number of rotatable bonds is 5. The summed E-state index contributed by atoms with van der Waals surface area (Å²) in [6.07, 6.45) is -2.11. The van der Waals surface area contributed by atoms with Gasteiger partial charge in [0.1, 0.15) is 0 Å². The molecule has 0 saturated heterocycles. The Balaban J connectivity index is 4.64. The second kappa shape index (κ2) is 4.13. The van der Waals surface area contributed by atoms with Gasteiger partial charge in [0.15, 0.2) is 0 Å². The van der Waals surface area contributed by atoms with Crippen molar-refractivity contribution in [2.24, 2.45) is 5.41 Å². The molecule has 0 unspecified atom stereocenters. The first-order valence-electron chi connectivity index (χ1n) is 5.16. The minimum Gasteiger partial charge on any atom is -0.314 e. The first-order chi connectivity index (χ1) is 6.08. The fourth-order valence-electron chi connectivity index (χ4n) is 0.763. The maximum absolute atomic E-state index is 13.7. The molecule has 0 aromatic carbocycles. The fraction of sp³-hybridized carbons (Fsp3) is 1.00. The highest BCUT2D eigenvalue weighted by atomic mass is 19.3. The zero-order valence-electron chi connectivity index (χ0n) is 10.1. The molecule has 0 spiro atoms. The maximum Gasteiger partial charge on any atom is 0.361 e. The maximum atomic E-state index is 13.7. The van der Waals surface area contributed by atoms with Crippen molar-refractivity contribution in [3.05, 3.63) is 0 Å². The Morgan fingerprint density at radius 1 is 0.929 bits per heavy atom. The molecule has 0 rings (SSSR count). The van der Waals surface area contributed by atoms with Crippen LogP contribution in [0.2, 0.25) is 0 Å². The number of hydrogen-bond acceptors (Lipinski definition) is 1. The van der Waals surface area contributed by atoms with Crippen molar-refractivity contribution in [1.82, 2.24) is 0 Å². The topological polar surface area (TPSA) is 9.23 Å². The van der Waals surface area contributed by atoms with Crippen molar-refractivity contribution in [3.63, 3.8) is 0 Å². The summed E-state index contributed by atoms with van der Waals surface area (Å²) in [5.41, 5.74) is -1.88. The second-order valence-corrected chi connectivity index (χ2v) is 4.97. The van der Waals surface area contributed by atoms with Gasteiger partial charge in [0.25, 0.3) is 0 Å². The molecule has 0 amide bonds. The smallest absolute Gasteiger partial charge is 0.314 e. The molecule has 0 aliphatic rings. The van der Waals surface area contributed by atoms with E-state index in [4.69, 9.17) is 4.74 Å². The van der Waals surface area contributed by atoms with Crippen LogP contribution in [0.15, 0.2) is 0 Å². The summed E-state index contributed by atoms with van der Waals surface area (Å²) in [5, 5.41) is 0. The van der Waals surface area contributed by atoms with Crippen LogP contribution in [-0.4, -0.2) is 11.7 Å². The molecule has 0 N–H and O–H groups in total. The first-order valence-corrected chi connectivity index (χ1v) is 5.16. The first kappa shape index (κ1) is 13.8. The average Bonchev–Trinajstić information content (AvgIpc) is 2.02. The van der Waals surface area contributed by atoms with E-state index in [2.05, 4.69) is 0 Å². The lowest BCUT2D eigenvalue weighted by Gasteiger charge is -2.38. The zero-order chi connectivity index (χ0) is 11.6. The van der Waals surface area contributed by atoms with Crippen molar-refractivity contribution >= 4 is 0 Å². The minimum absolute atomic E-state index is 0.389. The van der Waals surface area contributed by atoms with Crippen LogP contribution in [0.3, 0.4) is 0 Å². The van der Waals surface area contributed by atoms with Gasteiger partial charge in [-0.3, -0.25) is 0 Å². The van der Waals surface area contributed by atoms with Gasteiger partial charge in [-0.15, -0.1) is 0 Å². The van der Waals surface area contributed by atoms with Crippen molar-refractivity contribution in [2.45, 2.75) is 66.1 Å². The normalized spacial score (nSPS) is 14.6. The van der Waals surface area contributed by atoms with E-state index in [0.717, 1.165) is 0 Å². The van der Waals surface area contributed by atoms with Gasteiger partial charge in [-0.2, -0.15) is 8.78 Å². The summed E-state index contributed by atoms with van der Waals surface area (Å²) in [6.45, 7) is 10.0. The molecule has 86 valence electrons. The molecule has 0 aromatic heterocycles. The van der Waals surface area contributed by atoms with Crippen molar-refractivity contribution in [2.75, 3.05) is 0 Å². The summed E-state index contributed by atoms with van der Waals surface area (Å²) in [7, 11) is 0. The van der Waals surface area contributed by atoms with Crippen molar-refractivity contribution in [3.8, 4) is 0 Å². The van der Waals surface area contributed by atoms with Gasteiger partial charge in [-0.25, -0.2) is 0 Å². The molecule has 0 heterocycles. The highest BCUT2D eigenvalue weighted by Crippen LogP contribution is 2.42. The molecule has 0 saturated carbocycles. The third-order valence-corrected chi connectivity index (χ3v) is 2.93. The largest absolute Gasteiger partial charge is 0.361 e. The van der Waals surface area contributed by atoms with Crippen LogP contribution >= 0.6 is 0 Å². The Labute approximate surface area is 85.8 Å². The van der Waals surface area contributed by atoms with E-state index >= 15 is 0 Å². The van der Waals surface area contributed by atoms with Crippen LogP contribution in [0.4, 0.5) is 8.78 Å². The Kier molecular flexibility index (Phi) is 4.08.